The molecule has 2 aromatic carbocycles. The molecule has 0 spiro atoms. The van der Waals surface area contributed by atoms with Gasteiger partial charge >= 0.3 is 6.03 Å². The molecule has 0 aliphatic rings. The number of nitrogens with one attached hydrogen (secondary N) is 3. The molecule has 0 heterocycles. The third-order valence-corrected chi connectivity index (χ3v) is 4.20. The predicted octanol–water partition coefficient (Wildman–Crippen LogP) is 3.89. The molecule has 0 aliphatic heterocycles. The van der Waals surface area contributed by atoms with Crippen LogP contribution in [0.25, 0.3) is 0 Å². The first-order chi connectivity index (χ1) is 11.9. The summed E-state index contributed by atoms with van der Waals surface area (Å²) in [6.07, 6.45) is 0. The van der Waals surface area contributed by atoms with Crippen molar-refractivity contribution in [1.82, 2.24) is 10.9 Å². The van der Waals surface area contributed by atoms with Crippen LogP contribution < -0.4 is 20.9 Å². The molecule has 0 radical (unpaired) electrons. The lowest BCUT2D eigenvalue weighted by molar-refractivity contribution is -0.123. The summed E-state index contributed by atoms with van der Waals surface area (Å²) in [6.45, 7) is 1.48. The lowest BCUT2D eigenvalue weighted by atomic mass is 10.2. The number of carbonyl (C=O) groups excluding carboxylic acids is 2. The van der Waals surface area contributed by atoms with Crippen LogP contribution in [0.3, 0.4) is 0 Å². The molecule has 0 fully saturated rings. The summed E-state index contributed by atoms with van der Waals surface area (Å²) in [5.74, 6) is -0.755. The Morgan fingerprint density at radius 1 is 1.12 bits per heavy atom. The van der Waals surface area contributed by atoms with Gasteiger partial charge in [-0.25, -0.2) is 14.6 Å². The highest BCUT2D eigenvalue weighted by atomic mass is 79.9. The summed E-state index contributed by atoms with van der Waals surface area (Å²) < 4.78 is 19.2. The lowest BCUT2D eigenvalue weighted by Crippen LogP contribution is -2.45. The van der Waals surface area contributed by atoms with Gasteiger partial charge in [-0.15, -0.1) is 0 Å². The summed E-state index contributed by atoms with van der Waals surface area (Å²) in [7, 11) is 0. The van der Waals surface area contributed by atoms with Gasteiger partial charge in [-0.3, -0.25) is 10.2 Å². The summed E-state index contributed by atoms with van der Waals surface area (Å²) >= 11 is 6.30. The Balaban J connectivity index is 1.81. The van der Waals surface area contributed by atoms with E-state index in [1.807, 2.05) is 19.1 Å². The van der Waals surface area contributed by atoms with Gasteiger partial charge < -0.3 is 10.1 Å². The van der Waals surface area contributed by atoms with Crippen molar-refractivity contribution in [3.05, 3.63) is 56.7 Å². The lowest BCUT2D eigenvalue weighted by Gasteiger charge is -2.12. The minimum absolute atomic E-state index is 0.279. The number of anilines is 1. The molecular formula is C16H14Br2FN3O3. The molecule has 0 aliphatic carbocycles. The topological polar surface area (TPSA) is 79.5 Å². The minimum atomic E-state index is -0.591. The van der Waals surface area contributed by atoms with Crippen LogP contribution in [0.15, 0.2) is 45.3 Å². The van der Waals surface area contributed by atoms with E-state index in [2.05, 4.69) is 48.0 Å². The van der Waals surface area contributed by atoms with Gasteiger partial charge in [-0.05, 0) is 62.5 Å². The Morgan fingerprint density at radius 3 is 2.40 bits per heavy atom. The first-order valence-electron chi connectivity index (χ1n) is 7.05. The SMILES string of the molecule is Cc1ccccc1NC(=O)NNC(=O)COc1c(Br)cc(F)cc1Br. The fourth-order valence-corrected chi connectivity index (χ4v) is 3.19. The second-order valence-corrected chi connectivity index (χ2v) is 6.64. The molecule has 25 heavy (non-hydrogen) atoms. The maximum atomic E-state index is 13.2. The second-order valence-electron chi connectivity index (χ2n) is 4.93. The van der Waals surface area contributed by atoms with E-state index < -0.39 is 17.8 Å². The number of halogens is 3. The number of para-hydroxylation sites is 1. The highest BCUT2D eigenvalue weighted by molar-refractivity contribution is 9.11. The number of urea groups is 1. The van der Waals surface area contributed by atoms with E-state index in [4.69, 9.17) is 4.74 Å². The normalized spacial score (nSPS) is 10.1. The Bertz CT molecular complexity index is 779. The number of aryl methyl sites for hydroxylation is 1. The average Bonchev–Trinajstić information content (AvgIpc) is 2.54. The number of amides is 3. The Labute approximate surface area is 160 Å². The van der Waals surface area contributed by atoms with Gasteiger partial charge in [0.2, 0.25) is 0 Å². The number of rotatable bonds is 4. The molecule has 3 amide bonds. The van der Waals surface area contributed by atoms with Crippen molar-refractivity contribution in [3.8, 4) is 5.75 Å². The van der Waals surface area contributed by atoms with Crippen LogP contribution in [0.1, 0.15) is 5.56 Å². The molecule has 0 saturated carbocycles. The number of hydrogen-bond donors (Lipinski definition) is 3. The Morgan fingerprint density at radius 2 is 1.76 bits per heavy atom. The molecule has 9 heteroatoms. The van der Waals surface area contributed by atoms with Gasteiger partial charge in [0.15, 0.2) is 6.61 Å². The van der Waals surface area contributed by atoms with Crippen LogP contribution in [0, 0.1) is 12.7 Å². The number of ether oxygens (including phenoxy) is 1. The van der Waals surface area contributed by atoms with Crippen molar-refractivity contribution >= 4 is 49.5 Å². The van der Waals surface area contributed by atoms with E-state index in [0.29, 0.717) is 14.6 Å². The fraction of sp³-hybridized carbons (Fsp3) is 0.125. The molecule has 6 nitrogen and oxygen atoms in total. The van der Waals surface area contributed by atoms with Crippen LogP contribution in [-0.2, 0) is 4.79 Å². The number of hydrogen-bond acceptors (Lipinski definition) is 3. The van der Waals surface area contributed by atoms with Crippen molar-refractivity contribution in [1.29, 1.82) is 0 Å². The second kappa shape index (κ2) is 8.82. The number of benzene rings is 2. The molecule has 2 aromatic rings. The zero-order chi connectivity index (χ0) is 18.4. The monoisotopic (exact) mass is 473 g/mol. The highest BCUT2D eigenvalue weighted by Crippen LogP contribution is 2.34. The molecule has 2 rings (SSSR count). The fourth-order valence-electron chi connectivity index (χ4n) is 1.83. The maximum absolute atomic E-state index is 13.2. The van der Waals surface area contributed by atoms with Gasteiger partial charge in [-0.2, -0.15) is 0 Å². The zero-order valence-corrected chi connectivity index (χ0v) is 16.2. The van der Waals surface area contributed by atoms with E-state index in [0.717, 1.165) is 5.56 Å². The van der Waals surface area contributed by atoms with Crippen molar-refractivity contribution in [2.75, 3.05) is 11.9 Å². The third-order valence-electron chi connectivity index (χ3n) is 3.02. The quantitative estimate of drug-likeness (QED) is 0.588. The van der Waals surface area contributed by atoms with E-state index >= 15 is 0 Å². The standard InChI is InChI=1S/C16H14Br2FN3O3/c1-9-4-2-3-5-13(9)20-16(24)22-21-14(23)8-25-15-11(17)6-10(19)7-12(15)18/h2-7H,8H2,1H3,(H,21,23)(H2,20,22,24). The molecule has 132 valence electrons. The molecular weight excluding hydrogens is 461 g/mol. The van der Waals surface area contributed by atoms with Crippen molar-refractivity contribution in [2.45, 2.75) is 6.92 Å². The largest absolute Gasteiger partial charge is 0.481 e. The first kappa shape index (κ1) is 19.2. The number of hydrazine groups is 1. The molecule has 0 unspecified atom stereocenters. The third kappa shape index (κ3) is 5.71. The smallest absolute Gasteiger partial charge is 0.337 e. The molecule has 3 N–H and O–H groups in total. The molecule has 0 atom stereocenters. The average molecular weight is 475 g/mol. The van der Waals surface area contributed by atoms with Crippen molar-refractivity contribution < 1.29 is 18.7 Å². The predicted molar refractivity (Wildman–Crippen MR) is 98.8 cm³/mol. The van der Waals surface area contributed by atoms with Crippen LogP contribution in [0.2, 0.25) is 0 Å². The van der Waals surface area contributed by atoms with Crippen molar-refractivity contribution in [2.24, 2.45) is 0 Å². The highest BCUT2D eigenvalue weighted by Gasteiger charge is 2.12. The van der Waals surface area contributed by atoms with Crippen molar-refractivity contribution in [3.63, 3.8) is 0 Å². The maximum Gasteiger partial charge on any atom is 0.337 e. The summed E-state index contributed by atoms with van der Waals surface area (Å²) in [6, 6.07) is 9.06. The molecule has 0 aromatic heterocycles. The van der Waals surface area contributed by atoms with Gasteiger partial charge in [-0.1, -0.05) is 18.2 Å². The van der Waals surface area contributed by atoms with Crippen LogP contribution >= 0.6 is 31.9 Å². The van der Waals surface area contributed by atoms with Crippen LogP contribution in [0.5, 0.6) is 5.75 Å². The van der Waals surface area contributed by atoms with Crippen LogP contribution in [0.4, 0.5) is 14.9 Å². The summed E-state index contributed by atoms with van der Waals surface area (Å²) in [5, 5.41) is 2.60. The molecule has 0 saturated heterocycles. The minimum Gasteiger partial charge on any atom is -0.481 e. The summed E-state index contributed by atoms with van der Waals surface area (Å²) in [4.78, 5) is 23.5. The van der Waals surface area contributed by atoms with Gasteiger partial charge in [0.1, 0.15) is 11.6 Å². The first-order valence-corrected chi connectivity index (χ1v) is 8.64. The van der Waals surface area contributed by atoms with E-state index in [1.54, 1.807) is 12.1 Å². The zero-order valence-electron chi connectivity index (χ0n) is 13.0. The van der Waals surface area contributed by atoms with E-state index in [9.17, 15) is 14.0 Å². The van der Waals surface area contributed by atoms with E-state index in [1.165, 1.54) is 12.1 Å². The van der Waals surface area contributed by atoms with Crippen LogP contribution in [-0.4, -0.2) is 18.5 Å². The van der Waals surface area contributed by atoms with Gasteiger partial charge in [0.05, 0.1) is 8.95 Å². The molecule has 0 bridgehead atoms. The number of carbonyl (C=O) groups is 2. The Hall–Kier alpha value is -2.13. The van der Waals surface area contributed by atoms with E-state index in [-0.39, 0.29) is 12.4 Å². The Kier molecular flexibility index (Phi) is 6.77. The van der Waals surface area contributed by atoms with Gasteiger partial charge in [0, 0.05) is 5.69 Å². The summed E-state index contributed by atoms with van der Waals surface area (Å²) in [5.41, 5.74) is 5.95. The van der Waals surface area contributed by atoms with Gasteiger partial charge in [0.25, 0.3) is 5.91 Å².